The van der Waals surface area contributed by atoms with Gasteiger partial charge in [-0.05, 0) is 52.1 Å². The van der Waals surface area contributed by atoms with Crippen LogP contribution in [0.2, 0.25) is 0 Å². The topological polar surface area (TPSA) is 49.9 Å². The van der Waals surface area contributed by atoms with Crippen LogP contribution in [-0.2, 0) is 14.8 Å². The molecule has 3 aliphatic rings. The van der Waals surface area contributed by atoms with Gasteiger partial charge in [-0.1, -0.05) is 0 Å². The van der Waals surface area contributed by atoms with E-state index in [2.05, 4.69) is 4.90 Å². The lowest BCUT2D eigenvalue weighted by Gasteiger charge is -2.38. The third kappa shape index (κ3) is 2.75. The number of ether oxygens (including phenoxy) is 1. The average molecular weight is 302 g/mol. The minimum atomic E-state index is -3.03. The van der Waals surface area contributed by atoms with E-state index in [0.29, 0.717) is 19.1 Å². The summed E-state index contributed by atoms with van der Waals surface area (Å²) in [6, 6.07) is 0.562. The van der Waals surface area contributed by atoms with Crippen LogP contribution in [0, 0.1) is 0 Å². The zero-order valence-corrected chi connectivity index (χ0v) is 13.2. The van der Waals surface area contributed by atoms with Crippen molar-refractivity contribution in [3.8, 4) is 0 Å². The summed E-state index contributed by atoms with van der Waals surface area (Å²) in [6.45, 7) is 6.22. The van der Waals surface area contributed by atoms with Gasteiger partial charge in [0, 0.05) is 19.1 Å². The highest BCUT2D eigenvalue weighted by molar-refractivity contribution is 7.89. The Morgan fingerprint density at radius 3 is 2.40 bits per heavy atom. The zero-order valence-electron chi connectivity index (χ0n) is 12.4. The van der Waals surface area contributed by atoms with E-state index in [1.807, 2.05) is 0 Å². The van der Waals surface area contributed by atoms with Gasteiger partial charge >= 0.3 is 0 Å². The van der Waals surface area contributed by atoms with Gasteiger partial charge in [-0.25, -0.2) is 12.7 Å². The molecule has 116 valence electrons. The quantitative estimate of drug-likeness (QED) is 0.782. The van der Waals surface area contributed by atoms with Gasteiger partial charge in [0.1, 0.15) is 0 Å². The summed E-state index contributed by atoms with van der Waals surface area (Å²) in [7, 11) is -3.03. The fraction of sp³-hybridized carbons (Fsp3) is 1.00. The Morgan fingerprint density at radius 2 is 1.80 bits per heavy atom. The van der Waals surface area contributed by atoms with E-state index in [9.17, 15) is 8.42 Å². The summed E-state index contributed by atoms with van der Waals surface area (Å²) in [5.74, 6) is 0.206. The summed E-state index contributed by atoms with van der Waals surface area (Å²) in [4.78, 5) is 2.56. The fourth-order valence-corrected chi connectivity index (χ4v) is 4.97. The first-order chi connectivity index (χ1) is 9.55. The van der Waals surface area contributed by atoms with E-state index in [0.717, 1.165) is 25.9 Å². The molecule has 0 saturated carbocycles. The maximum absolute atomic E-state index is 11.9. The van der Waals surface area contributed by atoms with Crippen LogP contribution in [0.1, 0.15) is 39.0 Å². The van der Waals surface area contributed by atoms with Gasteiger partial charge in [-0.15, -0.1) is 0 Å². The van der Waals surface area contributed by atoms with Crippen molar-refractivity contribution < 1.29 is 13.2 Å². The highest BCUT2D eigenvalue weighted by Gasteiger charge is 2.45. The second-order valence-corrected chi connectivity index (χ2v) is 8.65. The van der Waals surface area contributed by atoms with Crippen LogP contribution in [0.4, 0.5) is 0 Å². The molecule has 3 rings (SSSR count). The van der Waals surface area contributed by atoms with Gasteiger partial charge in [-0.3, -0.25) is 4.90 Å². The van der Waals surface area contributed by atoms with Crippen LogP contribution in [0.25, 0.3) is 0 Å². The minimum absolute atomic E-state index is 0.0486. The molecule has 3 aliphatic heterocycles. The average Bonchev–Trinajstić information content (AvgIpc) is 3.09. The Kier molecular flexibility index (Phi) is 4.10. The van der Waals surface area contributed by atoms with Crippen LogP contribution in [0.3, 0.4) is 0 Å². The van der Waals surface area contributed by atoms with E-state index >= 15 is 0 Å². The van der Waals surface area contributed by atoms with E-state index in [1.165, 1.54) is 25.9 Å². The smallest absolute Gasteiger partial charge is 0.213 e. The molecule has 20 heavy (non-hydrogen) atoms. The maximum atomic E-state index is 11.9. The Labute approximate surface area is 122 Å². The summed E-state index contributed by atoms with van der Waals surface area (Å²) in [6.07, 6.45) is 5.43. The van der Waals surface area contributed by atoms with Crippen molar-refractivity contribution in [2.45, 2.75) is 50.7 Å². The Balaban J connectivity index is 1.58. The van der Waals surface area contributed by atoms with Crippen molar-refractivity contribution in [2.24, 2.45) is 0 Å². The predicted molar refractivity (Wildman–Crippen MR) is 78.2 cm³/mol. The van der Waals surface area contributed by atoms with Crippen molar-refractivity contribution >= 4 is 10.0 Å². The van der Waals surface area contributed by atoms with E-state index in [-0.39, 0.29) is 11.4 Å². The largest absolute Gasteiger partial charge is 0.373 e. The molecule has 3 fully saturated rings. The van der Waals surface area contributed by atoms with Crippen LogP contribution >= 0.6 is 0 Å². The molecule has 0 aliphatic carbocycles. The molecule has 0 aromatic carbocycles. The molecule has 3 saturated heterocycles. The zero-order chi connectivity index (χ0) is 14.2. The Bertz CT molecular complexity index is 437. The molecule has 0 aromatic rings. The van der Waals surface area contributed by atoms with Gasteiger partial charge in [0.2, 0.25) is 10.0 Å². The highest BCUT2D eigenvalue weighted by Crippen LogP contribution is 2.38. The molecule has 0 amide bonds. The van der Waals surface area contributed by atoms with Crippen molar-refractivity contribution in [3.05, 3.63) is 0 Å². The highest BCUT2D eigenvalue weighted by atomic mass is 32.2. The first-order valence-electron chi connectivity index (χ1n) is 7.90. The first-order valence-corrected chi connectivity index (χ1v) is 9.51. The van der Waals surface area contributed by atoms with Crippen LogP contribution < -0.4 is 0 Å². The molecule has 0 radical (unpaired) electrons. The van der Waals surface area contributed by atoms with Crippen LogP contribution in [-0.4, -0.2) is 67.8 Å². The molecule has 0 N–H and O–H groups in total. The first kappa shape index (κ1) is 14.8. The van der Waals surface area contributed by atoms with Crippen molar-refractivity contribution in [1.29, 1.82) is 0 Å². The van der Waals surface area contributed by atoms with E-state index in [4.69, 9.17) is 4.74 Å². The van der Waals surface area contributed by atoms with Crippen LogP contribution in [0.5, 0.6) is 0 Å². The summed E-state index contributed by atoms with van der Waals surface area (Å²) in [5, 5.41) is 0. The third-order valence-electron chi connectivity index (χ3n) is 5.24. The lowest BCUT2D eigenvalue weighted by atomic mass is 9.88. The number of nitrogens with zero attached hydrogens (tertiary/aromatic N) is 2. The van der Waals surface area contributed by atoms with Crippen molar-refractivity contribution in [2.75, 3.05) is 38.5 Å². The summed E-state index contributed by atoms with van der Waals surface area (Å²) >= 11 is 0. The second-order valence-electron chi connectivity index (χ2n) is 6.39. The van der Waals surface area contributed by atoms with Gasteiger partial charge < -0.3 is 4.74 Å². The minimum Gasteiger partial charge on any atom is -0.373 e. The number of sulfonamides is 1. The van der Waals surface area contributed by atoms with Crippen molar-refractivity contribution in [3.63, 3.8) is 0 Å². The van der Waals surface area contributed by atoms with Gasteiger partial charge in [0.05, 0.1) is 18.0 Å². The lowest BCUT2D eigenvalue weighted by Crippen LogP contribution is -2.47. The number of piperidine rings is 1. The fourth-order valence-electron chi connectivity index (χ4n) is 3.86. The molecule has 0 aromatic heterocycles. The number of likely N-dealkylation sites (tertiary alicyclic amines) is 1. The maximum Gasteiger partial charge on any atom is 0.213 e. The number of rotatable bonds is 3. The van der Waals surface area contributed by atoms with Crippen molar-refractivity contribution in [1.82, 2.24) is 9.21 Å². The molecule has 1 unspecified atom stereocenters. The summed E-state index contributed by atoms with van der Waals surface area (Å²) in [5.41, 5.74) is -0.0486. The SMILES string of the molecule is CCS(=O)(=O)N1CCC2(CC1)CC(N1CCCC1)CO2. The van der Waals surface area contributed by atoms with E-state index < -0.39 is 10.0 Å². The molecule has 1 atom stereocenters. The predicted octanol–water partition coefficient (Wildman–Crippen LogP) is 1.06. The molecular weight excluding hydrogens is 276 g/mol. The molecule has 3 heterocycles. The molecule has 6 heteroatoms. The Hall–Kier alpha value is -0.170. The molecular formula is C14H26N2O3S. The monoisotopic (exact) mass is 302 g/mol. The van der Waals surface area contributed by atoms with Gasteiger partial charge in [0.15, 0.2) is 0 Å². The van der Waals surface area contributed by atoms with Gasteiger partial charge in [-0.2, -0.15) is 0 Å². The number of hydrogen-bond acceptors (Lipinski definition) is 4. The normalized spacial score (nSPS) is 32.1. The third-order valence-corrected chi connectivity index (χ3v) is 7.12. The molecule has 1 spiro atoms. The Morgan fingerprint density at radius 1 is 1.15 bits per heavy atom. The molecule has 0 bridgehead atoms. The van der Waals surface area contributed by atoms with E-state index in [1.54, 1.807) is 11.2 Å². The molecule has 5 nitrogen and oxygen atoms in total. The number of hydrogen-bond donors (Lipinski definition) is 0. The standard InChI is InChI=1S/C14H26N2O3S/c1-2-20(17,18)16-9-5-14(6-10-16)11-13(12-19-14)15-7-3-4-8-15/h13H,2-12H2,1H3. The van der Waals surface area contributed by atoms with Gasteiger partial charge in [0.25, 0.3) is 0 Å². The lowest BCUT2D eigenvalue weighted by molar-refractivity contribution is -0.0316. The van der Waals surface area contributed by atoms with Crippen LogP contribution in [0.15, 0.2) is 0 Å². The second kappa shape index (κ2) is 5.55. The summed E-state index contributed by atoms with van der Waals surface area (Å²) < 4.78 is 31.6.